The first-order valence-corrected chi connectivity index (χ1v) is 13.1. The minimum atomic E-state index is -0.561. The largest absolute Gasteiger partial charge is 0.377 e. The monoisotopic (exact) mass is 507 g/mol. The Morgan fingerprint density at radius 2 is 1.76 bits per heavy atom. The zero-order chi connectivity index (χ0) is 26.4. The third-order valence-corrected chi connectivity index (χ3v) is 7.62. The number of allylic oxidation sites excluding steroid dienone is 1. The molecule has 0 bridgehead atoms. The first kappa shape index (κ1) is 24.2. The molecule has 3 aliphatic heterocycles. The van der Waals surface area contributed by atoms with Gasteiger partial charge >= 0.3 is 0 Å². The van der Waals surface area contributed by atoms with Gasteiger partial charge < -0.3 is 25.3 Å². The maximum atomic E-state index is 13.8. The van der Waals surface area contributed by atoms with Crippen molar-refractivity contribution < 1.29 is 4.79 Å². The summed E-state index contributed by atoms with van der Waals surface area (Å²) < 4.78 is 0. The maximum Gasteiger partial charge on any atom is 0.229 e. The Balaban J connectivity index is 1.29. The summed E-state index contributed by atoms with van der Waals surface area (Å²) in [6.45, 7) is 12.5. The van der Waals surface area contributed by atoms with Gasteiger partial charge in [0.05, 0.1) is 5.54 Å². The molecule has 0 spiro atoms. The molecule has 194 valence electrons. The molecule has 4 heterocycles. The van der Waals surface area contributed by atoms with Crippen LogP contribution in [0.1, 0.15) is 29.8 Å². The number of nitrogens with one attached hydrogen (secondary N) is 2. The smallest absolute Gasteiger partial charge is 0.229 e. The van der Waals surface area contributed by atoms with Crippen molar-refractivity contribution in [3.05, 3.63) is 84.2 Å². The van der Waals surface area contributed by atoms with Crippen LogP contribution in [-0.2, 0) is 0 Å². The lowest BCUT2D eigenvalue weighted by Crippen LogP contribution is -2.60. The Morgan fingerprint density at radius 1 is 1.03 bits per heavy atom. The molecule has 1 aromatic heterocycles. The molecule has 0 amide bonds. The fourth-order valence-electron chi connectivity index (χ4n) is 5.53. The number of benzene rings is 2. The van der Waals surface area contributed by atoms with Crippen LogP contribution in [0.3, 0.4) is 0 Å². The van der Waals surface area contributed by atoms with Crippen molar-refractivity contribution in [2.75, 3.05) is 53.7 Å². The van der Waals surface area contributed by atoms with Crippen LogP contribution in [0, 0.1) is 0 Å². The van der Waals surface area contributed by atoms with E-state index in [0.29, 0.717) is 23.0 Å². The van der Waals surface area contributed by atoms with E-state index in [4.69, 9.17) is 4.98 Å². The van der Waals surface area contributed by atoms with Crippen LogP contribution in [0.2, 0.25) is 0 Å². The lowest BCUT2D eigenvalue weighted by molar-refractivity contribution is 0.0926. The predicted octanol–water partition coefficient (Wildman–Crippen LogP) is 4.77. The average molecular weight is 508 g/mol. The summed E-state index contributed by atoms with van der Waals surface area (Å²) in [4.78, 5) is 30.0. The number of para-hydroxylation sites is 1. The molecular weight excluding hydrogens is 474 g/mol. The van der Waals surface area contributed by atoms with Crippen molar-refractivity contribution in [1.29, 1.82) is 0 Å². The van der Waals surface area contributed by atoms with Gasteiger partial charge in [-0.2, -0.15) is 4.98 Å². The number of rotatable bonds is 4. The Bertz CT molecular complexity index is 1420. The van der Waals surface area contributed by atoms with Gasteiger partial charge in [-0.15, -0.1) is 0 Å². The summed E-state index contributed by atoms with van der Waals surface area (Å²) in [6, 6.07) is 15.5. The normalized spacial score (nSPS) is 20.6. The Morgan fingerprint density at radius 3 is 2.53 bits per heavy atom. The maximum absolute atomic E-state index is 13.8. The first-order valence-electron chi connectivity index (χ1n) is 13.1. The van der Waals surface area contributed by atoms with E-state index in [1.807, 2.05) is 55.2 Å². The highest BCUT2D eigenvalue weighted by molar-refractivity contribution is 6.10. The second kappa shape index (κ2) is 9.29. The zero-order valence-corrected chi connectivity index (χ0v) is 22.1. The number of carbonyl (C=O) groups excluding carboxylic acids is 1. The lowest BCUT2D eigenvalue weighted by Gasteiger charge is -2.47. The van der Waals surface area contributed by atoms with Crippen molar-refractivity contribution >= 4 is 40.7 Å². The minimum absolute atomic E-state index is 0.0411. The highest BCUT2D eigenvalue weighted by Gasteiger charge is 2.46. The molecule has 0 aliphatic carbocycles. The first-order chi connectivity index (χ1) is 18.3. The molecule has 1 fully saturated rings. The van der Waals surface area contributed by atoms with Crippen molar-refractivity contribution in [3.8, 4) is 0 Å². The third-order valence-electron chi connectivity index (χ3n) is 7.62. The molecule has 38 heavy (non-hydrogen) atoms. The van der Waals surface area contributed by atoms with E-state index in [-0.39, 0.29) is 5.78 Å². The quantitative estimate of drug-likeness (QED) is 0.523. The molecule has 1 saturated heterocycles. The Labute approximate surface area is 223 Å². The van der Waals surface area contributed by atoms with E-state index in [9.17, 15) is 4.79 Å². The number of piperazine rings is 1. The summed E-state index contributed by atoms with van der Waals surface area (Å²) in [5.41, 5.74) is 4.64. The molecular formula is C30H33N7O. The van der Waals surface area contributed by atoms with E-state index < -0.39 is 11.6 Å². The van der Waals surface area contributed by atoms with E-state index in [1.165, 1.54) is 5.69 Å². The minimum Gasteiger partial charge on any atom is -0.377 e. The molecule has 2 aromatic carbocycles. The number of anilines is 5. The van der Waals surface area contributed by atoms with Gasteiger partial charge in [0.2, 0.25) is 5.95 Å². The average Bonchev–Trinajstić information content (AvgIpc) is 2.90. The van der Waals surface area contributed by atoms with Crippen LogP contribution in [0.5, 0.6) is 0 Å². The van der Waals surface area contributed by atoms with Crippen LogP contribution in [0.15, 0.2) is 73.1 Å². The summed E-state index contributed by atoms with van der Waals surface area (Å²) in [6.07, 6.45) is 5.66. The third kappa shape index (κ3) is 4.31. The highest BCUT2D eigenvalue weighted by Crippen LogP contribution is 2.40. The van der Waals surface area contributed by atoms with E-state index >= 15 is 0 Å². The molecule has 6 rings (SSSR count). The number of ketones is 1. The van der Waals surface area contributed by atoms with Crippen LogP contribution >= 0.6 is 0 Å². The number of nitrogens with zero attached hydrogens (tertiary/aromatic N) is 5. The number of fused-ring (bicyclic) bond motifs is 2. The Hall–Kier alpha value is -4.17. The van der Waals surface area contributed by atoms with Crippen molar-refractivity contribution in [2.24, 2.45) is 0 Å². The number of hydrogen-bond acceptors (Lipinski definition) is 8. The molecule has 1 atom stereocenters. The molecule has 8 nitrogen and oxygen atoms in total. The number of Topliss-reactive ketones (excluding diaryl/α,β-unsaturated/α-hetero) is 1. The van der Waals surface area contributed by atoms with Gasteiger partial charge in [-0.3, -0.25) is 4.79 Å². The summed E-state index contributed by atoms with van der Waals surface area (Å²) in [7, 11) is 2.16. The molecule has 0 saturated carbocycles. The number of aromatic nitrogens is 2. The fraction of sp³-hybridized carbons (Fsp3) is 0.300. The lowest BCUT2D eigenvalue weighted by atomic mass is 9.81. The van der Waals surface area contributed by atoms with Crippen LogP contribution < -0.4 is 20.4 Å². The predicted molar refractivity (Wildman–Crippen MR) is 154 cm³/mol. The molecule has 0 radical (unpaired) electrons. The second-order valence-corrected chi connectivity index (χ2v) is 10.8. The molecule has 2 N–H and O–H groups in total. The van der Waals surface area contributed by atoms with Crippen molar-refractivity contribution in [1.82, 2.24) is 14.9 Å². The number of likely N-dealkylation sites (N-methyl/N-ethyl adjacent to an activating group) is 1. The van der Waals surface area contributed by atoms with Gasteiger partial charge in [0.15, 0.2) is 5.78 Å². The van der Waals surface area contributed by atoms with Gasteiger partial charge in [0.1, 0.15) is 11.9 Å². The van der Waals surface area contributed by atoms with Crippen molar-refractivity contribution in [3.63, 3.8) is 0 Å². The summed E-state index contributed by atoms with van der Waals surface area (Å²) in [5.74, 6) is 1.18. The molecule has 1 unspecified atom stereocenters. The molecule has 3 aromatic rings. The van der Waals surface area contributed by atoms with Gasteiger partial charge in [-0.05, 0) is 69.4 Å². The highest BCUT2D eigenvalue weighted by atomic mass is 16.1. The number of carbonyl (C=O) groups is 1. The van der Waals surface area contributed by atoms with Crippen LogP contribution in [0.4, 0.5) is 28.8 Å². The SMILES string of the molecule is C=C1C=Cc2cnc(Nc3ccc(N4CCN(C)CC4)cc3)nc2N1C1C(=O)c2ccccc2NC1(C)C. The molecule has 3 aliphatic rings. The van der Waals surface area contributed by atoms with Crippen LogP contribution in [-0.4, -0.2) is 65.5 Å². The van der Waals surface area contributed by atoms with Gasteiger partial charge in [-0.1, -0.05) is 18.7 Å². The summed E-state index contributed by atoms with van der Waals surface area (Å²) >= 11 is 0. The Kier molecular flexibility index (Phi) is 5.91. The van der Waals surface area contributed by atoms with E-state index in [2.05, 4.69) is 63.3 Å². The van der Waals surface area contributed by atoms with Gasteiger partial charge in [-0.25, -0.2) is 4.98 Å². The van der Waals surface area contributed by atoms with Gasteiger partial charge in [0.25, 0.3) is 0 Å². The fourth-order valence-corrected chi connectivity index (χ4v) is 5.53. The number of hydrogen-bond donors (Lipinski definition) is 2. The van der Waals surface area contributed by atoms with Gasteiger partial charge in [0, 0.05) is 66.3 Å². The topological polar surface area (TPSA) is 76.6 Å². The molecule has 8 heteroatoms. The zero-order valence-electron chi connectivity index (χ0n) is 22.1. The second-order valence-electron chi connectivity index (χ2n) is 10.8. The van der Waals surface area contributed by atoms with Crippen LogP contribution in [0.25, 0.3) is 6.08 Å². The van der Waals surface area contributed by atoms with E-state index in [0.717, 1.165) is 43.1 Å². The summed E-state index contributed by atoms with van der Waals surface area (Å²) in [5, 5.41) is 6.91. The van der Waals surface area contributed by atoms with Crippen molar-refractivity contribution in [2.45, 2.75) is 25.4 Å². The van der Waals surface area contributed by atoms with E-state index in [1.54, 1.807) is 6.20 Å². The standard InChI is InChI=1S/C30H33N7O/c1-20-9-10-21-19-31-29(32-22-11-13-23(14-12-22)36-17-15-35(4)16-18-36)33-28(21)37(20)27-26(38)24-7-5-6-8-25(24)34-30(27,2)3/h5-14,19,27,34H,1,15-18H2,2-4H3,(H,31,32,33).